The highest BCUT2D eigenvalue weighted by atomic mass is 32.1. The second-order valence-corrected chi connectivity index (χ2v) is 8.06. The average molecular weight is 308 g/mol. The Hall–Kier alpha value is -1.30. The van der Waals surface area contributed by atoms with Crippen molar-refractivity contribution in [3.63, 3.8) is 0 Å². The first-order valence-electron chi connectivity index (χ1n) is 7.77. The van der Waals surface area contributed by atoms with Crippen LogP contribution < -0.4 is 16.4 Å². The van der Waals surface area contributed by atoms with Gasteiger partial charge in [0.25, 0.3) is 5.91 Å². The molecule has 2 aliphatic rings. The molecule has 0 spiro atoms. The van der Waals surface area contributed by atoms with Crippen molar-refractivity contribution < 1.29 is 4.79 Å². The lowest BCUT2D eigenvalue weighted by Crippen LogP contribution is -2.39. The van der Waals surface area contributed by atoms with Crippen molar-refractivity contribution in [2.45, 2.75) is 64.5 Å². The lowest BCUT2D eigenvalue weighted by molar-refractivity contribution is 0.0914. The zero-order chi connectivity index (χ0) is 15.0. The van der Waals surface area contributed by atoms with Gasteiger partial charge < -0.3 is 16.4 Å². The Bertz CT molecular complexity index is 526. The Morgan fingerprint density at radius 3 is 2.52 bits per heavy atom. The number of nitrogens with two attached hydrogens (primary N) is 1. The molecule has 6 heteroatoms. The van der Waals surface area contributed by atoms with Gasteiger partial charge in [-0.05, 0) is 43.9 Å². The molecule has 21 heavy (non-hydrogen) atoms. The molecule has 0 radical (unpaired) electrons. The van der Waals surface area contributed by atoms with Crippen LogP contribution in [0.4, 0.5) is 10.9 Å². The van der Waals surface area contributed by atoms with Crippen LogP contribution in [-0.2, 0) is 0 Å². The maximum atomic E-state index is 12.4. The molecule has 116 valence electrons. The Kier molecular flexibility index (Phi) is 3.82. The van der Waals surface area contributed by atoms with Crippen LogP contribution in [0.2, 0.25) is 0 Å². The van der Waals surface area contributed by atoms with Crippen LogP contribution in [0.25, 0.3) is 0 Å². The molecule has 0 saturated heterocycles. The molecular formula is C15H24N4OS. The van der Waals surface area contributed by atoms with Crippen LogP contribution in [0.3, 0.4) is 0 Å². The first-order valence-corrected chi connectivity index (χ1v) is 8.58. The Labute approximate surface area is 129 Å². The maximum absolute atomic E-state index is 12.4. The van der Waals surface area contributed by atoms with Crippen LogP contribution in [0.15, 0.2) is 0 Å². The Morgan fingerprint density at radius 1 is 1.24 bits per heavy atom. The van der Waals surface area contributed by atoms with Gasteiger partial charge in [0.1, 0.15) is 10.7 Å². The standard InChI is InChI=1S/C15H24N4OS/c1-15(2)7-5-10(6-8-15)17-13(20)11-12(16)19-14(21-11)18-9-3-4-9/h9-10H,3-8,16H2,1-2H3,(H,17,20)(H,18,19). The normalized spacial score (nSPS) is 22.0. The summed E-state index contributed by atoms with van der Waals surface area (Å²) in [6, 6.07) is 0.791. The second kappa shape index (κ2) is 5.48. The number of carbonyl (C=O) groups excluding carboxylic acids is 1. The van der Waals surface area contributed by atoms with Gasteiger partial charge in [0.05, 0.1) is 0 Å². The van der Waals surface area contributed by atoms with Crippen molar-refractivity contribution >= 4 is 28.2 Å². The van der Waals surface area contributed by atoms with Crippen molar-refractivity contribution in [3.8, 4) is 0 Å². The van der Waals surface area contributed by atoms with Crippen molar-refractivity contribution in [2.75, 3.05) is 11.1 Å². The maximum Gasteiger partial charge on any atom is 0.265 e. The zero-order valence-electron chi connectivity index (χ0n) is 12.7. The fourth-order valence-corrected chi connectivity index (χ4v) is 3.62. The fourth-order valence-electron chi connectivity index (χ4n) is 2.75. The van der Waals surface area contributed by atoms with Gasteiger partial charge in [0.15, 0.2) is 5.13 Å². The van der Waals surface area contributed by atoms with Gasteiger partial charge in [0.2, 0.25) is 0 Å². The smallest absolute Gasteiger partial charge is 0.265 e. The van der Waals surface area contributed by atoms with Crippen molar-refractivity contribution in [2.24, 2.45) is 5.41 Å². The third-order valence-corrected chi connectivity index (χ3v) is 5.44. The number of nitrogens with one attached hydrogen (secondary N) is 2. The van der Waals surface area contributed by atoms with E-state index in [4.69, 9.17) is 5.73 Å². The molecule has 1 amide bonds. The lowest BCUT2D eigenvalue weighted by atomic mass is 9.75. The van der Waals surface area contributed by atoms with Crippen LogP contribution in [-0.4, -0.2) is 23.0 Å². The number of nitrogen functional groups attached to an aromatic ring is 1. The van der Waals surface area contributed by atoms with Crippen LogP contribution >= 0.6 is 11.3 Å². The van der Waals surface area contributed by atoms with E-state index in [0.717, 1.165) is 30.8 Å². The summed E-state index contributed by atoms with van der Waals surface area (Å²) in [5, 5.41) is 7.18. The van der Waals surface area contributed by atoms with Crippen LogP contribution in [0, 0.1) is 5.41 Å². The molecule has 0 aromatic carbocycles. The highest BCUT2D eigenvalue weighted by Gasteiger charge is 2.29. The molecule has 0 aliphatic heterocycles. The van der Waals surface area contributed by atoms with E-state index < -0.39 is 0 Å². The van der Waals surface area contributed by atoms with Gasteiger partial charge >= 0.3 is 0 Å². The molecule has 1 heterocycles. The van der Waals surface area contributed by atoms with E-state index in [0.29, 0.717) is 22.2 Å². The summed E-state index contributed by atoms with van der Waals surface area (Å²) in [6.07, 6.45) is 6.77. The van der Waals surface area contributed by atoms with Crippen LogP contribution in [0.5, 0.6) is 0 Å². The summed E-state index contributed by atoms with van der Waals surface area (Å²) < 4.78 is 0. The fraction of sp³-hybridized carbons (Fsp3) is 0.733. The monoisotopic (exact) mass is 308 g/mol. The molecule has 2 aliphatic carbocycles. The molecule has 3 rings (SSSR count). The third kappa shape index (κ3) is 3.67. The van der Waals surface area contributed by atoms with Crippen molar-refractivity contribution in [1.82, 2.24) is 10.3 Å². The predicted molar refractivity (Wildman–Crippen MR) is 86.7 cm³/mol. The van der Waals surface area contributed by atoms with Gasteiger partial charge in [-0.25, -0.2) is 4.98 Å². The number of anilines is 2. The Balaban J connectivity index is 1.58. The van der Waals surface area contributed by atoms with Gasteiger partial charge in [-0.3, -0.25) is 4.79 Å². The zero-order valence-corrected chi connectivity index (χ0v) is 13.6. The van der Waals surface area contributed by atoms with E-state index in [9.17, 15) is 4.79 Å². The van der Waals surface area contributed by atoms with E-state index in [-0.39, 0.29) is 11.9 Å². The molecule has 2 fully saturated rings. The van der Waals surface area contributed by atoms with E-state index in [1.165, 1.54) is 24.2 Å². The summed E-state index contributed by atoms with van der Waals surface area (Å²) in [5.74, 6) is 0.273. The molecule has 0 atom stereocenters. The first-order chi connectivity index (χ1) is 9.93. The van der Waals surface area contributed by atoms with Crippen molar-refractivity contribution in [1.29, 1.82) is 0 Å². The van der Waals surface area contributed by atoms with E-state index in [2.05, 4.69) is 29.5 Å². The SMILES string of the molecule is CC1(C)CCC(NC(=O)c2sc(NC3CC3)nc2N)CC1. The second-order valence-electron chi connectivity index (χ2n) is 7.06. The van der Waals surface area contributed by atoms with E-state index >= 15 is 0 Å². The summed E-state index contributed by atoms with van der Waals surface area (Å²) >= 11 is 1.37. The summed E-state index contributed by atoms with van der Waals surface area (Å²) in [5.41, 5.74) is 6.29. The molecule has 2 saturated carbocycles. The average Bonchev–Trinajstić information content (AvgIpc) is 3.14. The molecule has 0 bridgehead atoms. The van der Waals surface area contributed by atoms with E-state index in [1.807, 2.05) is 0 Å². The Morgan fingerprint density at radius 2 is 1.90 bits per heavy atom. The molecular weight excluding hydrogens is 284 g/mol. The van der Waals surface area contributed by atoms with Crippen molar-refractivity contribution in [3.05, 3.63) is 4.88 Å². The number of amides is 1. The largest absolute Gasteiger partial charge is 0.382 e. The number of hydrogen-bond acceptors (Lipinski definition) is 5. The number of aromatic nitrogens is 1. The topological polar surface area (TPSA) is 80.0 Å². The highest BCUT2D eigenvalue weighted by molar-refractivity contribution is 7.18. The summed E-state index contributed by atoms with van der Waals surface area (Å²) in [6.45, 7) is 4.59. The first kappa shape index (κ1) is 14.6. The number of carbonyl (C=O) groups is 1. The predicted octanol–water partition coefficient (Wildman–Crippen LogP) is 3.00. The lowest BCUT2D eigenvalue weighted by Gasteiger charge is -2.34. The molecule has 1 aromatic heterocycles. The number of thiazole rings is 1. The number of rotatable bonds is 4. The molecule has 1 aromatic rings. The third-order valence-electron chi connectivity index (χ3n) is 4.44. The van der Waals surface area contributed by atoms with Gasteiger partial charge in [-0.2, -0.15) is 0 Å². The van der Waals surface area contributed by atoms with E-state index in [1.54, 1.807) is 0 Å². The quantitative estimate of drug-likeness (QED) is 0.799. The van der Waals surface area contributed by atoms with Gasteiger partial charge in [-0.15, -0.1) is 0 Å². The minimum atomic E-state index is -0.0708. The summed E-state index contributed by atoms with van der Waals surface area (Å²) in [4.78, 5) is 17.2. The van der Waals surface area contributed by atoms with Gasteiger partial charge in [0, 0.05) is 12.1 Å². The number of hydrogen-bond donors (Lipinski definition) is 3. The number of nitrogens with zero attached hydrogens (tertiary/aromatic N) is 1. The molecule has 4 N–H and O–H groups in total. The minimum absolute atomic E-state index is 0.0708. The van der Waals surface area contributed by atoms with Crippen LogP contribution in [0.1, 0.15) is 62.0 Å². The summed E-state index contributed by atoms with van der Waals surface area (Å²) in [7, 11) is 0. The highest BCUT2D eigenvalue weighted by Crippen LogP contribution is 2.35. The minimum Gasteiger partial charge on any atom is -0.382 e. The van der Waals surface area contributed by atoms with Gasteiger partial charge in [-0.1, -0.05) is 25.2 Å². The molecule has 5 nitrogen and oxygen atoms in total. The molecule has 0 unspecified atom stereocenters.